The lowest BCUT2D eigenvalue weighted by Gasteiger charge is -2.26. The van der Waals surface area contributed by atoms with E-state index in [9.17, 15) is 4.79 Å². The highest BCUT2D eigenvalue weighted by Crippen LogP contribution is 2.10. The zero-order chi connectivity index (χ0) is 15.6. The van der Waals surface area contributed by atoms with E-state index in [0.29, 0.717) is 6.54 Å². The average molecular weight is 305 g/mol. The molecule has 1 heterocycles. The molecule has 1 amide bonds. The molecule has 0 radical (unpaired) electrons. The van der Waals surface area contributed by atoms with Gasteiger partial charge in [0, 0.05) is 38.3 Å². The largest absolute Gasteiger partial charge is 0.379 e. The lowest BCUT2D eigenvalue weighted by Crippen LogP contribution is -2.35. The molecular formula is C17H27N3O2. The van der Waals surface area contributed by atoms with Gasteiger partial charge in [0.05, 0.1) is 13.2 Å². The van der Waals surface area contributed by atoms with E-state index in [2.05, 4.69) is 28.5 Å². The second kappa shape index (κ2) is 9.56. The summed E-state index contributed by atoms with van der Waals surface area (Å²) in [5.74, 6) is 0.00197. The van der Waals surface area contributed by atoms with Crippen molar-refractivity contribution in [2.45, 2.75) is 19.9 Å². The summed E-state index contributed by atoms with van der Waals surface area (Å²) in [7, 11) is 0. The van der Waals surface area contributed by atoms with Crippen LogP contribution in [0.3, 0.4) is 0 Å². The summed E-state index contributed by atoms with van der Waals surface area (Å²) < 4.78 is 5.36. The average Bonchev–Trinajstić information content (AvgIpc) is 2.56. The number of rotatable bonds is 8. The van der Waals surface area contributed by atoms with Gasteiger partial charge in [-0.3, -0.25) is 9.69 Å². The first-order chi connectivity index (χ1) is 10.8. The lowest BCUT2D eigenvalue weighted by molar-refractivity contribution is 0.0342. The van der Waals surface area contributed by atoms with Gasteiger partial charge in [-0.1, -0.05) is 19.1 Å². The van der Waals surface area contributed by atoms with E-state index in [1.54, 1.807) is 0 Å². The van der Waals surface area contributed by atoms with E-state index in [-0.39, 0.29) is 5.91 Å². The molecule has 1 aromatic carbocycles. The van der Waals surface area contributed by atoms with E-state index in [4.69, 9.17) is 4.74 Å². The Morgan fingerprint density at radius 2 is 2.05 bits per heavy atom. The number of benzene rings is 1. The molecule has 5 nitrogen and oxygen atoms in total. The van der Waals surface area contributed by atoms with Gasteiger partial charge in [-0.2, -0.15) is 0 Å². The van der Waals surface area contributed by atoms with Crippen LogP contribution in [-0.2, 0) is 11.3 Å². The fourth-order valence-electron chi connectivity index (χ4n) is 2.50. The molecule has 1 aliphatic rings. The van der Waals surface area contributed by atoms with E-state index >= 15 is 0 Å². The Morgan fingerprint density at radius 3 is 2.82 bits per heavy atom. The van der Waals surface area contributed by atoms with Gasteiger partial charge in [0.25, 0.3) is 5.91 Å². The maximum absolute atomic E-state index is 12.1. The fourth-order valence-corrected chi connectivity index (χ4v) is 2.50. The molecule has 0 unspecified atom stereocenters. The number of carbonyl (C=O) groups excluding carboxylic acids is 1. The molecule has 0 aromatic heterocycles. The standard InChI is InChI=1S/C17H27N3O2/c1-2-6-18-7-8-19-17(21)16-5-3-4-15(13-16)14-20-9-11-22-12-10-20/h3-5,13,18H,2,6-12,14H2,1H3,(H,19,21). The summed E-state index contributed by atoms with van der Waals surface area (Å²) in [5, 5.41) is 6.23. The fraction of sp³-hybridized carbons (Fsp3) is 0.588. The van der Waals surface area contributed by atoms with Gasteiger partial charge in [0.15, 0.2) is 0 Å². The summed E-state index contributed by atoms with van der Waals surface area (Å²) in [6, 6.07) is 7.90. The maximum Gasteiger partial charge on any atom is 0.251 e. The predicted octanol–water partition coefficient (Wildman–Crippen LogP) is 1.25. The number of nitrogens with zero attached hydrogens (tertiary/aromatic N) is 1. The normalized spacial score (nSPS) is 15.7. The SMILES string of the molecule is CCCNCCNC(=O)c1cccc(CN2CCOCC2)c1. The number of amides is 1. The van der Waals surface area contributed by atoms with Gasteiger partial charge in [-0.15, -0.1) is 0 Å². The van der Waals surface area contributed by atoms with E-state index < -0.39 is 0 Å². The summed E-state index contributed by atoms with van der Waals surface area (Å²) in [6.45, 7) is 8.98. The summed E-state index contributed by atoms with van der Waals surface area (Å²) >= 11 is 0. The molecule has 1 aliphatic heterocycles. The molecule has 1 saturated heterocycles. The van der Waals surface area contributed by atoms with Gasteiger partial charge in [0.2, 0.25) is 0 Å². The highest BCUT2D eigenvalue weighted by molar-refractivity contribution is 5.94. The molecule has 22 heavy (non-hydrogen) atoms. The summed E-state index contributed by atoms with van der Waals surface area (Å²) in [4.78, 5) is 14.5. The monoisotopic (exact) mass is 305 g/mol. The van der Waals surface area contributed by atoms with Crippen LogP contribution in [0.25, 0.3) is 0 Å². The number of morpholine rings is 1. The Balaban J connectivity index is 1.80. The van der Waals surface area contributed by atoms with Crippen LogP contribution in [0, 0.1) is 0 Å². The molecule has 1 fully saturated rings. The van der Waals surface area contributed by atoms with Gasteiger partial charge < -0.3 is 15.4 Å². The van der Waals surface area contributed by atoms with Crippen LogP contribution in [0.1, 0.15) is 29.3 Å². The van der Waals surface area contributed by atoms with E-state index in [0.717, 1.165) is 57.9 Å². The van der Waals surface area contributed by atoms with Gasteiger partial charge in [-0.05, 0) is 30.7 Å². The van der Waals surface area contributed by atoms with Crippen LogP contribution >= 0.6 is 0 Å². The first kappa shape index (κ1) is 16.9. The third kappa shape index (κ3) is 5.75. The van der Waals surface area contributed by atoms with Gasteiger partial charge in [0.1, 0.15) is 0 Å². The zero-order valence-corrected chi connectivity index (χ0v) is 13.4. The quantitative estimate of drug-likeness (QED) is 0.710. The molecular weight excluding hydrogens is 278 g/mol. The Hall–Kier alpha value is -1.43. The Bertz CT molecular complexity index is 459. The minimum atomic E-state index is 0.00197. The summed E-state index contributed by atoms with van der Waals surface area (Å²) in [5.41, 5.74) is 1.92. The van der Waals surface area contributed by atoms with Crippen molar-refractivity contribution in [1.82, 2.24) is 15.5 Å². The minimum absolute atomic E-state index is 0.00197. The third-order valence-electron chi connectivity index (χ3n) is 3.71. The maximum atomic E-state index is 12.1. The van der Waals surface area contributed by atoms with Crippen molar-refractivity contribution in [1.29, 1.82) is 0 Å². The van der Waals surface area contributed by atoms with Crippen LogP contribution in [0.15, 0.2) is 24.3 Å². The number of hydrogen-bond acceptors (Lipinski definition) is 4. The molecule has 5 heteroatoms. The van der Waals surface area contributed by atoms with Gasteiger partial charge in [-0.25, -0.2) is 0 Å². The number of nitrogens with one attached hydrogen (secondary N) is 2. The Kier molecular flexibility index (Phi) is 7.36. The second-order valence-electron chi connectivity index (χ2n) is 5.59. The first-order valence-electron chi connectivity index (χ1n) is 8.17. The number of ether oxygens (including phenoxy) is 1. The molecule has 2 N–H and O–H groups in total. The van der Waals surface area contributed by atoms with Crippen LogP contribution in [0.5, 0.6) is 0 Å². The van der Waals surface area contributed by atoms with Crippen molar-refractivity contribution in [3.63, 3.8) is 0 Å². The molecule has 2 rings (SSSR count). The van der Waals surface area contributed by atoms with Crippen molar-refractivity contribution < 1.29 is 9.53 Å². The van der Waals surface area contributed by atoms with Crippen LogP contribution in [-0.4, -0.2) is 56.7 Å². The van der Waals surface area contributed by atoms with E-state index in [1.165, 1.54) is 5.56 Å². The van der Waals surface area contributed by atoms with Gasteiger partial charge >= 0.3 is 0 Å². The first-order valence-corrected chi connectivity index (χ1v) is 8.17. The molecule has 1 aromatic rings. The van der Waals surface area contributed by atoms with Crippen molar-refractivity contribution >= 4 is 5.91 Å². The van der Waals surface area contributed by atoms with Crippen molar-refractivity contribution in [3.05, 3.63) is 35.4 Å². The van der Waals surface area contributed by atoms with Crippen LogP contribution < -0.4 is 10.6 Å². The minimum Gasteiger partial charge on any atom is -0.379 e. The highest BCUT2D eigenvalue weighted by Gasteiger charge is 2.12. The Labute approximate surface area is 133 Å². The zero-order valence-electron chi connectivity index (χ0n) is 13.4. The van der Waals surface area contributed by atoms with Crippen LogP contribution in [0.4, 0.5) is 0 Å². The lowest BCUT2D eigenvalue weighted by atomic mass is 10.1. The number of hydrogen-bond donors (Lipinski definition) is 2. The molecule has 0 atom stereocenters. The molecule has 0 bridgehead atoms. The van der Waals surface area contributed by atoms with Crippen molar-refractivity contribution in [2.75, 3.05) is 45.9 Å². The molecule has 0 saturated carbocycles. The van der Waals surface area contributed by atoms with Crippen molar-refractivity contribution in [3.8, 4) is 0 Å². The second-order valence-corrected chi connectivity index (χ2v) is 5.59. The Morgan fingerprint density at radius 1 is 1.23 bits per heavy atom. The molecule has 0 spiro atoms. The molecule has 122 valence electrons. The predicted molar refractivity (Wildman–Crippen MR) is 88.0 cm³/mol. The highest BCUT2D eigenvalue weighted by atomic mass is 16.5. The van der Waals surface area contributed by atoms with Crippen molar-refractivity contribution in [2.24, 2.45) is 0 Å². The third-order valence-corrected chi connectivity index (χ3v) is 3.71. The van der Waals surface area contributed by atoms with E-state index in [1.807, 2.05) is 18.2 Å². The van der Waals surface area contributed by atoms with Crippen LogP contribution in [0.2, 0.25) is 0 Å². The molecule has 0 aliphatic carbocycles. The summed E-state index contributed by atoms with van der Waals surface area (Å²) in [6.07, 6.45) is 1.11. The number of carbonyl (C=O) groups is 1. The smallest absolute Gasteiger partial charge is 0.251 e. The topological polar surface area (TPSA) is 53.6 Å².